The maximum Gasteiger partial charge on any atom is 0.409 e. The van der Waals surface area contributed by atoms with Gasteiger partial charge in [0.15, 0.2) is 0 Å². The van der Waals surface area contributed by atoms with Crippen molar-refractivity contribution in [1.82, 2.24) is 19.6 Å². The smallest absolute Gasteiger partial charge is 0.409 e. The molecule has 34 heavy (non-hydrogen) atoms. The number of pyridine rings is 1. The second-order valence-corrected chi connectivity index (χ2v) is 8.12. The zero-order chi connectivity index (χ0) is 24.4. The van der Waals surface area contributed by atoms with E-state index in [9.17, 15) is 18.4 Å². The number of alkyl halides is 2. The minimum atomic E-state index is -2.61. The number of ether oxygens (including phenoxy) is 2. The first-order valence-electron chi connectivity index (χ1n) is 10.9. The average Bonchev–Trinajstić information content (AvgIpc) is 3.20. The highest BCUT2D eigenvalue weighted by Crippen LogP contribution is 2.31. The zero-order valence-corrected chi connectivity index (χ0v) is 19.2. The van der Waals surface area contributed by atoms with E-state index in [1.54, 1.807) is 34.7 Å². The van der Waals surface area contributed by atoms with Crippen molar-refractivity contribution in [3.05, 3.63) is 58.9 Å². The molecular formula is C24H26F2N4O4. The summed E-state index contributed by atoms with van der Waals surface area (Å²) >= 11 is 0. The maximum atomic E-state index is 13.3. The molecule has 3 aromatic rings. The number of nitrogens with one attached hydrogen (secondary N) is 1. The van der Waals surface area contributed by atoms with Gasteiger partial charge in [0, 0.05) is 42.9 Å². The number of hydrogen-bond acceptors (Lipinski definition) is 5. The fourth-order valence-corrected chi connectivity index (χ4v) is 4.23. The first-order valence-corrected chi connectivity index (χ1v) is 10.9. The van der Waals surface area contributed by atoms with Crippen LogP contribution < -0.4 is 5.32 Å². The number of halogens is 2. The van der Waals surface area contributed by atoms with Gasteiger partial charge in [-0.3, -0.25) is 4.79 Å². The standard InChI is InChI=1S/C24H26F2N4O4/c1-14-10-16(23(31)27-2)4-5-18(14)21-19(12-17-13-29(8-9-34-17)24(32)33-3)30-7-6-15(22(25)26)11-20(30)28-21/h4-7,10-11,17,22H,8-9,12-13H2,1-3H3,(H,27,31)/t17-/m0/s1. The average molecular weight is 472 g/mol. The third-order valence-corrected chi connectivity index (χ3v) is 5.96. The molecule has 0 aliphatic carbocycles. The van der Waals surface area contributed by atoms with Crippen LogP contribution >= 0.6 is 0 Å². The fraction of sp³-hybridized carbons (Fsp3) is 0.375. The number of amides is 2. The van der Waals surface area contributed by atoms with Gasteiger partial charge < -0.3 is 24.1 Å². The SMILES string of the molecule is CNC(=O)c1ccc(-c2nc3cc(C(F)F)ccn3c2C[C@H]2CN(C(=O)OC)CCO2)c(C)c1. The third kappa shape index (κ3) is 4.58. The molecule has 1 atom stereocenters. The first kappa shape index (κ1) is 23.6. The number of aromatic nitrogens is 2. The maximum absolute atomic E-state index is 13.3. The summed E-state index contributed by atoms with van der Waals surface area (Å²) in [6, 6.07) is 8.02. The van der Waals surface area contributed by atoms with Crippen LogP contribution in [0.4, 0.5) is 13.6 Å². The fourth-order valence-electron chi connectivity index (χ4n) is 4.23. The van der Waals surface area contributed by atoms with Gasteiger partial charge in [-0.1, -0.05) is 6.07 Å². The predicted molar refractivity (Wildman–Crippen MR) is 121 cm³/mol. The molecule has 180 valence electrons. The molecule has 1 aliphatic rings. The van der Waals surface area contributed by atoms with E-state index >= 15 is 0 Å². The molecule has 2 amide bonds. The van der Waals surface area contributed by atoms with Gasteiger partial charge in [0.2, 0.25) is 0 Å². The normalized spacial score (nSPS) is 16.2. The van der Waals surface area contributed by atoms with E-state index in [1.165, 1.54) is 19.2 Å². The topological polar surface area (TPSA) is 85.2 Å². The van der Waals surface area contributed by atoms with Gasteiger partial charge in [0.1, 0.15) is 5.65 Å². The van der Waals surface area contributed by atoms with Gasteiger partial charge in [-0.25, -0.2) is 18.6 Å². The Balaban J connectivity index is 1.77. The number of nitrogens with zero attached hydrogens (tertiary/aromatic N) is 3. The van der Waals surface area contributed by atoms with Crippen molar-refractivity contribution in [3.8, 4) is 11.3 Å². The molecule has 8 nitrogen and oxygen atoms in total. The summed E-state index contributed by atoms with van der Waals surface area (Å²) in [6.07, 6.45) is -1.38. The van der Waals surface area contributed by atoms with Gasteiger partial charge >= 0.3 is 6.09 Å². The second kappa shape index (κ2) is 9.76. The van der Waals surface area contributed by atoms with E-state index in [-0.39, 0.29) is 17.6 Å². The van der Waals surface area contributed by atoms with Gasteiger partial charge in [-0.05, 0) is 36.8 Å². The van der Waals surface area contributed by atoms with Gasteiger partial charge in [-0.2, -0.15) is 0 Å². The Labute approximate surface area is 195 Å². The summed E-state index contributed by atoms with van der Waals surface area (Å²) in [6.45, 7) is 3.00. The molecule has 1 fully saturated rings. The van der Waals surface area contributed by atoms with Crippen LogP contribution in [0.3, 0.4) is 0 Å². The third-order valence-electron chi connectivity index (χ3n) is 5.96. The van der Waals surface area contributed by atoms with E-state index in [2.05, 4.69) is 10.3 Å². The van der Waals surface area contributed by atoms with E-state index in [4.69, 9.17) is 9.47 Å². The lowest BCUT2D eigenvalue weighted by Crippen LogP contribution is -2.46. The number of hydrogen-bond donors (Lipinski definition) is 1. The quantitative estimate of drug-likeness (QED) is 0.613. The first-order chi connectivity index (χ1) is 16.3. The van der Waals surface area contributed by atoms with Gasteiger partial charge in [0.05, 0.1) is 37.8 Å². The number of morpholine rings is 1. The lowest BCUT2D eigenvalue weighted by atomic mass is 9.99. The Kier molecular flexibility index (Phi) is 6.78. The van der Waals surface area contributed by atoms with Crippen LogP contribution in [-0.4, -0.2) is 66.2 Å². The number of aryl methyl sites for hydroxylation is 1. The molecule has 0 bridgehead atoms. The van der Waals surface area contributed by atoms with Crippen molar-refractivity contribution in [2.24, 2.45) is 0 Å². The van der Waals surface area contributed by atoms with E-state index in [0.717, 1.165) is 16.8 Å². The zero-order valence-electron chi connectivity index (χ0n) is 19.2. The molecule has 1 N–H and O–H groups in total. The second-order valence-electron chi connectivity index (χ2n) is 8.12. The van der Waals surface area contributed by atoms with Crippen LogP contribution in [0, 0.1) is 6.92 Å². The number of methoxy groups -OCH3 is 1. The van der Waals surface area contributed by atoms with Crippen LogP contribution in [0.15, 0.2) is 36.5 Å². The molecule has 0 spiro atoms. The Hall–Kier alpha value is -3.53. The number of imidazole rings is 1. The minimum absolute atomic E-state index is 0.118. The van der Waals surface area contributed by atoms with Gasteiger partial charge in [0.25, 0.3) is 12.3 Å². The number of benzene rings is 1. The lowest BCUT2D eigenvalue weighted by Gasteiger charge is -2.32. The Morgan fingerprint density at radius 2 is 2.09 bits per heavy atom. The van der Waals surface area contributed by atoms with Crippen LogP contribution in [0.25, 0.3) is 16.9 Å². The van der Waals surface area contributed by atoms with Crippen LogP contribution in [0.2, 0.25) is 0 Å². The molecule has 2 aromatic heterocycles. The molecule has 10 heteroatoms. The molecule has 1 aromatic carbocycles. The lowest BCUT2D eigenvalue weighted by molar-refractivity contribution is -0.0241. The summed E-state index contributed by atoms with van der Waals surface area (Å²) in [5.41, 5.74) is 3.77. The summed E-state index contributed by atoms with van der Waals surface area (Å²) in [5, 5.41) is 2.60. The largest absolute Gasteiger partial charge is 0.453 e. The number of rotatable bonds is 5. The van der Waals surface area contributed by atoms with E-state index in [0.29, 0.717) is 43.0 Å². The molecule has 1 aliphatic heterocycles. The van der Waals surface area contributed by atoms with Crippen LogP contribution in [-0.2, 0) is 15.9 Å². The number of fused-ring (bicyclic) bond motifs is 1. The minimum Gasteiger partial charge on any atom is -0.453 e. The molecular weight excluding hydrogens is 446 g/mol. The number of carbonyl (C=O) groups excluding carboxylic acids is 2. The number of carbonyl (C=O) groups is 2. The highest BCUT2D eigenvalue weighted by Gasteiger charge is 2.28. The van der Waals surface area contributed by atoms with Crippen molar-refractivity contribution in [3.63, 3.8) is 0 Å². The van der Waals surface area contributed by atoms with E-state index in [1.807, 2.05) is 13.0 Å². The van der Waals surface area contributed by atoms with Crippen molar-refractivity contribution >= 4 is 17.6 Å². The van der Waals surface area contributed by atoms with Crippen molar-refractivity contribution < 1.29 is 27.8 Å². The summed E-state index contributed by atoms with van der Waals surface area (Å²) in [5.74, 6) is -0.204. The Morgan fingerprint density at radius 3 is 2.76 bits per heavy atom. The van der Waals surface area contributed by atoms with Crippen molar-refractivity contribution in [1.29, 1.82) is 0 Å². The molecule has 0 radical (unpaired) electrons. The molecule has 0 unspecified atom stereocenters. The molecule has 4 rings (SSSR count). The molecule has 3 heterocycles. The van der Waals surface area contributed by atoms with Crippen molar-refractivity contribution in [2.75, 3.05) is 33.9 Å². The molecule has 0 saturated carbocycles. The highest BCUT2D eigenvalue weighted by molar-refractivity contribution is 5.95. The summed E-state index contributed by atoms with van der Waals surface area (Å²) < 4.78 is 39.2. The Morgan fingerprint density at radius 1 is 1.29 bits per heavy atom. The van der Waals surface area contributed by atoms with Crippen LogP contribution in [0.1, 0.15) is 33.6 Å². The van der Waals surface area contributed by atoms with Gasteiger partial charge in [-0.15, -0.1) is 0 Å². The summed E-state index contributed by atoms with van der Waals surface area (Å²) in [4.78, 5) is 30.3. The predicted octanol–water partition coefficient (Wildman–Crippen LogP) is 3.62. The van der Waals surface area contributed by atoms with Crippen LogP contribution in [0.5, 0.6) is 0 Å². The Bertz CT molecular complexity index is 1230. The van der Waals surface area contributed by atoms with E-state index < -0.39 is 12.5 Å². The van der Waals surface area contributed by atoms with Crippen molar-refractivity contribution in [2.45, 2.75) is 25.9 Å². The monoisotopic (exact) mass is 472 g/mol. The molecule has 1 saturated heterocycles. The highest BCUT2D eigenvalue weighted by atomic mass is 19.3. The summed E-state index contributed by atoms with van der Waals surface area (Å²) in [7, 11) is 2.90.